The Hall–Kier alpha value is -1.85. The normalized spacial score (nSPS) is 16.1. The predicted octanol–water partition coefficient (Wildman–Crippen LogP) is 3.64. The van der Waals surface area contributed by atoms with Gasteiger partial charge in [-0.3, -0.25) is 9.69 Å². The minimum Gasteiger partial charge on any atom is -0.366 e. The smallest absolute Gasteiger partial charge is 0.285 e. The van der Waals surface area contributed by atoms with Gasteiger partial charge in [0.15, 0.2) is 0 Å². The maximum atomic E-state index is 11.6. The molecular weight excluding hydrogens is 336 g/mol. The van der Waals surface area contributed by atoms with Crippen LogP contribution in [0.15, 0.2) is 35.3 Å². The Morgan fingerprint density at radius 2 is 1.80 bits per heavy atom. The summed E-state index contributed by atoms with van der Waals surface area (Å²) < 4.78 is 0. The number of piperazine rings is 1. The molecule has 0 amide bonds. The summed E-state index contributed by atoms with van der Waals surface area (Å²) in [5, 5.41) is 6.44. The lowest BCUT2D eigenvalue weighted by Crippen LogP contribution is -2.47. The Bertz CT molecular complexity index is 738. The molecular formula is C19H27ClN4O. The molecule has 3 rings (SSSR count). The van der Waals surface area contributed by atoms with E-state index in [1.165, 1.54) is 11.1 Å². The first-order chi connectivity index (χ1) is 12.1. The highest BCUT2D eigenvalue weighted by Crippen LogP contribution is 2.27. The van der Waals surface area contributed by atoms with Crippen LogP contribution in [0.2, 0.25) is 5.02 Å². The lowest BCUT2D eigenvalue weighted by molar-refractivity contribution is 0.198. The summed E-state index contributed by atoms with van der Waals surface area (Å²) in [6.45, 7) is 11.9. The molecule has 0 radical (unpaired) electrons. The van der Waals surface area contributed by atoms with Gasteiger partial charge in [0.05, 0.1) is 11.9 Å². The average Bonchev–Trinajstić information content (AvgIpc) is 2.66. The van der Waals surface area contributed by atoms with Crippen molar-refractivity contribution in [3.05, 3.63) is 57.0 Å². The first-order valence-corrected chi connectivity index (χ1v) is 9.23. The van der Waals surface area contributed by atoms with E-state index in [4.69, 9.17) is 11.6 Å². The first kappa shape index (κ1) is 19.5. The molecule has 5 nitrogen and oxygen atoms in total. The van der Waals surface area contributed by atoms with Crippen molar-refractivity contribution < 1.29 is 0 Å². The number of hydrogen-bond donors (Lipinski definition) is 1. The Kier molecular flexibility index (Phi) is 7.02. The number of aromatic nitrogens is 2. The molecule has 1 aliphatic heterocycles. The highest BCUT2D eigenvalue weighted by atomic mass is 35.5. The van der Waals surface area contributed by atoms with Crippen LogP contribution in [0, 0.1) is 6.92 Å². The van der Waals surface area contributed by atoms with Crippen LogP contribution in [-0.4, -0.2) is 41.3 Å². The van der Waals surface area contributed by atoms with E-state index in [1.807, 2.05) is 13.8 Å². The van der Waals surface area contributed by atoms with Crippen LogP contribution in [0.1, 0.15) is 37.9 Å². The van der Waals surface area contributed by atoms with Gasteiger partial charge in [-0.25, -0.2) is 5.10 Å². The molecule has 0 bridgehead atoms. The van der Waals surface area contributed by atoms with E-state index < -0.39 is 0 Å². The topological polar surface area (TPSA) is 52.2 Å². The number of halogens is 1. The van der Waals surface area contributed by atoms with Crippen LogP contribution < -0.4 is 10.5 Å². The molecule has 0 spiro atoms. The van der Waals surface area contributed by atoms with Gasteiger partial charge in [-0.1, -0.05) is 49.7 Å². The van der Waals surface area contributed by atoms with Crippen LogP contribution in [0.25, 0.3) is 0 Å². The first-order valence-electron chi connectivity index (χ1n) is 8.85. The van der Waals surface area contributed by atoms with Crippen LogP contribution in [0.5, 0.6) is 0 Å². The van der Waals surface area contributed by atoms with Crippen LogP contribution in [0.3, 0.4) is 0 Å². The molecule has 1 N–H and O–H groups in total. The van der Waals surface area contributed by atoms with Crippen LogP contribution >= 0.6 is 11.6 Å². The van der Waals surface area contributed by atoms with Gasteiger partial charge in [-0.05, 0) is 25.0 Å². The molecule has 1 saturated heterocycles. The summed E-state index contributed by atoms with van der Waals surface area (Å²) >= 11 is 6.10. The summed E-state index contributed by atoms with van der Waals surface area (Å²) in [5.41, 5.74) is 3.08. The zero-order chi connectivity index (χ0) is 18.4. The second-order valence-electron chi connectivity index (χ2n) is 5.95. The summed E-state index contributed by atoms with van der Waals surface area (Å²) in [7, 11) is 0. The van der Waals surface area contributed by atoms with Gasteiger partial charge in [0.25, 0.3) is 5.56 Å². The molecule has 0 aliphatic carbocycles. The zero-order valence-corrected chi connectivity index (χ0v) is 16.2. The third-order valence-corrected chi connectivity index (χ3v) is 4.98. The fourth-order valence-electron chi connectivity index (χ4n) is 3.20. The largest absolute Gasteiger partial charge is 0.366 e. The molecule has 1 atom stereocenters. The van der Waals surface area contributed by atoms with Crippen molar-refractivity contribution in [2.45, 2.75) is 33.7 Å². The molecule has 1 aromatic carbocycles. The second kappa shape index (κ2) is 9.02. The molecule has 1 unspecified atom stereocenters. The average molecular weight is 363 g/mol. The number of hydrogen-bond acceptors (Lipinski definition) is 4. The lowest BCUT2D eigenvalue weighted by atomic mass is 10.0. The lowest BCUT2D eigenvalue weighted by Gasteiger charge is -2.39. The van der Waals surface area contributed by atoms with E-state index in [0.29, 0.717) is 6.04 Å². The molecule has 0 saturated carbocycles. The summed E-state index contributed by atoms with van der Waals surface area (Å²) in [5.74, 6) is 0. The number of H-pyrrole nitrogens is 1. The molecule has 1 fully saturated rings. The van der Waals surface area contributed by atoms with Gasteiger partial charge in [-0.15, -0.1) is 0 Å². The summed E-state index contributed by atoms with van der Waals surface area (Å²) in [6.07, 6.45) is 1.63. The monoisotopic (exact) mass is 362 g/mol. The third kappa shape index (κ3) is 4.41. The maximum Gasteiger partial charge on any atom is 0.285 e. The van der Waals surface area contributed by atoms with Crippen LogP contribution in [-0.2, 0) is 0 Å². The standard InChI is InChI=1S/C17H21ClN4O.C2H6/c1-12-5-3-4-6-14(12)13(2)21-7-9-22(10-8-21)15-11-19-20-17(23)16(15)18;1-2/h3-6,11,13H,7-10H2,1-2H3,(H,20,23);1-2H3. The minimum atomic E-state index is -0.333. The van der Waals surface area contributed by atoms with Gasteiger partial charge in [0.1, 0.15) is 5.02 Å². The number of nitrogens with one attached hydrogen (secondary N) is 1. The highest BCUT2D eigenvalue weighted by Gasteiger charge is 2.24. The molecule has 25 heavy (non-hydrogen) atoms. The third-order valence-electron chi connectivity index (χ3n) is 4.62. The van der Waals surface area contributed by atoms with E-state index in [2.05, 4.69) is 58.1 Å². The highest BCUT2D eigenvalue weighted by molar-refractivity contribution is 6.32. The van der Waals surface area contributed by atoms with Gasteiger partial charge < -0.3 is 4.90 Å². The molecule has 1 aliphatic rings. The van der Waals surface area contributed by atoms with Crippen molar-refractivity contribution in [1.82, 2.24) is 15.1 Å². The molecule has 136 valence electrons. The van der Waals surface area contributed by atoms with E-state index in [9.17, 15) is 4.79 Å². The molecule has 2 heterocycles. The maximum absolute atomic E-state index is 11.6. The number of rotatable bonds is 3. The van der Waals surface area contributed by atoms with E-state index in [1.54, 1.807) is 6.20 Å². The molecule has 1 aromatic heterocycles. The van der Waals surface area contributed by atoms with Gasteiger partial charge in [-0.2, -0.15) is 5.10 Å². The van der Waals surface area contributed by atoms with E-state index >= 15 is 0 Å². The van der Waals surface area contributed by atoms with Crippen LogP contribution in [0.4, 0.5) is 5.69 Å². The van der Waals surface area contributed by atoms with Crippen molar-refractivity contribution in [3.63, 3.8) is 0 Å². The van der Waals surface area contributed by atoms with Gasteiger partial charge >= 0.3 is 0 Å². The van der Waals surface area contributed by atoms with Crippen molar-refractivity contribution >= 4 is 17.3 Å². The fourth-order valence-corrected chi connectivity index (χ4v) is 3.41. The van der Waals surface area contributed by atoms with Crippen molar-refractivity contribution in [3.8, 4) is 0 Å². The van der Waals surface area contributed by atoms with E-state index in [0.717, 1.165) is 31.9 Å². The SMILES string of the molecule is CC.Cc1ccccc1C(C)N1CCN(c2cn[nH]c(=O)c2Cl)CC1. The van der Waals surface area contributed by atoms with Crippen molar-refractivity contribution in [2.75, 3.05) is 31.1 Å². The fraction of sp³-hybridized carbons (Fsp3) is 0.474. The second-order valence-corrected chi connectivity index (χ2v) is 6.33. The summed E-state index contributed by atoms with van der Waals surface area (Å²) in [6, 6.07) is 8.90. The van der Waals surface area contributed by atoms with Crippen molar-refractivity contribution in [2.24, 2.45) is 0 Å². The number of aryl methyl sites for hydroxylation is 1. The Morgan fingerprint density at radius 3 is 2.44 bits per heavy atom. The zero-order valence-electron chi connectivity index (χ0n) is 15.4. The van der Waals surface area contributed by atoms with Gasteiger partial charge in [0, 0.05) is 32.2 Å². The van der Waals surface area contributed by atoms with Crippen molar-refractivity contribution in [1.29, 1.82) is 0 Å². The molecule has 2 aromatic rings. The quantitative estimate of drug-likeness (QED) is 0.905. The predicted molar refractivity (Wildman–Crippen MR) is 105 cm³/mol. The summed E-state index contributed by atoms with van der Waals surface area (Å²) in [4.78, 5) is 16.2. The number of nitrogens with zero attached hydrogens (tertiary/aromatic N) is 3. The Balaban J connectivity index is 0.00000109. The van der Waals surface area contributed by atoms with E-state index in [-0.39, 0.29) is 10.6 Å². The Morgan fingerprint density at radius 1 is 1.16 bits per heavy atom. The Labute approximate surface area is 154 Å². The van der Waals surface area contributed by atoms with Gasteiger partial charge in [0.2, 0.25) is 0 Å². The molecule has 6 heteroatoms. The number of aromatic amines is 1. The number of benzene rings is 1. The number of anilines is 1. The minimum absolute atomic E-state index is 0.223.